The van der Waals surface area contributed by atoms with E-state index < -0.39 is 0 Å². The van der Waals surface area contributed by atoms with E-state index in [1.54, 1.807) is 4.90 Å². The van der Waals surface area contributed by atoms with Crippen molar-refractivity contribution in [2.45, 2.75) is 5.92 Å². The molecule has 1 aromatic carbocycles. The quantitative estimate of drug-likeness (QED) is 0.889. The third kappa shape index (κ3) is 3.94. The topological polar surface area (TPSA) is 59.0 Å². The first-order valence-corrected chi connectivity index (χ1v) is 6.46. The van der Waals surface area contributed by atoms with Crippen molar-refractivity contribution in [3.8, 4) is 0 Å². The summed E-state index contributed by atoms with van der Waals surface area (Å²) in [5.74, 6) is -0.175. The van der Waals surface area contributed by atoms with Crippen LogP contribution in [0.4, 0.5) is 4.79 Å². The summed E-state index contributed by atoms with van der Waals surface area (Å²) < 4.78 is 10.4. The molecule has 1 atom stereocenters. The zero-order chi connectivity index (χ0) is 13.5. The molecule has 1 N–H and O–H groups in total. The van der Waals surface area contributed by atoms with Crippen molar-refractivity contribution in [2.75, 3.05) is 39.5 Å². The Morgan fingerprint density at radius 3 is 2.63 bits per heavy atom. The smallest absolute Gasteiger partial charge is 0.409 e. The lowest BCUT2D eigenvalue weighted by atomic mass is 10.0. The molecule has 1 aliphatic rings. The SMILES string of the molecule is O=C(OC[C@H](CO)c1ccccc1)N1CCOCC1. The van der Waals surface area contributed by atoms with Crippen molar-refractivity contribution in [2.24, 2.45) is 0 Å². The molecule has 0 aromatic heterocycles. The van der Waals surface area contributed by atoms with Crippen molar-refractivity contribution in [1.82, 2.24) is 4.90 Å². The van der Waals surface area contributed by atoms with Crippen LogP contribution in [0.2, 0.25) is 0 Å². The highest BCUT2D eigenvalue weighted by Gasteiger charge is 2.20. The van der Waals surface area contributed by atoms with E-state index in [-0.39, 0.29) is 25.2 Å². The van der Waals surface area contributed by atoms with E-state index in [4.69, 9.17) is 9.47 Å². The normalized spacial score (nSPS) is 17.0. The van der Waals surface area contributed by atoms with Crippen LogP contribution < -0.4 is 0 Å². The van der Waals surface area contributed by atoms with Crippen LogP contribution in [-0.2, 0) is 9.47 Å². The van der Waals surface area contributed by atoms with Crippen LogP contribution in [0.5, 0.6) is 0 Å². The highest BCUT2D eigenvalue weighted by atomic mass is 16.6. The Hall–Kier alpha value is -1.59. The number of carbonyl (C=O) groups is 1. The second-order valence-corrected chi connectivity index (χ2v) is 4.47. The molecule has 104 valence electrons. The minimum Gasteiger partial charge on any atom is -0.449 e. The molecule has 2 rings (SSSR count). The molecule has 1 saturated heterocycles. The number of rotatable bonds is 4. The number of aliphatic hydroxyl groups excluding tert-OH is 1. The Morgan fingerprint density at radius 2 is 2.00 bits per heavy atom. The minimum absolute atomic E-state index is 0.0413. The summed E-state index contributed by atoms with van der Waals surface area (Å²) >= 11 is 0. The van der Waals surface area contributed by atoms with Gasteiger partial charge < -0.3 is 19.5 Å². The van der Waals surface area contributed by atoms with Crippen molar-refractivity contribution < 1.29 is 19.4 Å². The molecule has 1 heterocycles. The first-order valence-electron chi connectivity index (χ1n) is 6.46. The summed E-state index contributed by atoms with van der Waals surface area (Å²) in [5.41, 5.74) is 0.972. The fraction of sp³-hybridized carbons (Fsp3) is 0.500. The molecule has 0 spiro atoms. The first kappa shape index (κ1) is 13.8. The van der Waals surface area contributed by atoms with Crippen LogP contribution in [0.1, 0.15) is 11.5 Å². The predicted octanol–water partition coefficient (Wildman–Crippen LogP) is 1.23. The number of hydrogen-bond donors (Lipinski definition) is 1. The number of benzene rings is 1. The number of carbonyl (C=O) groups excluding carboxylic acids is 1. The maximum absolute atomic E-state index is 11.8. The molecule has 0 radical (unpaired) electrons. The summed E-state index contributed by atoms with van der Waals surface area (Å²) in [5, 5.41) is 9.38. The number of aliphatic hydroxyl groups is 1. The lowest BCUT2D eigenvalue weighted by molar-refractivity contribution is 0.0238. The van der Waals surface area contributed by atoms with Crippen LogP contribution in [0.25, 0.3) is 0 Å². The summed E-state index contributed by atoms with van der Waals surface area (Å²) in [6.07, 6.45) is -0.335. The molecule has 0 bridgehead atoms. The Morgan fingerprint density at radius 1 is 1.32 bits per heavy atom. The molecule has 5 heteroatoms. The Bertz CT molecular complexity index is 390. The van der Waals surface area contributed by atoms with E-state index in [1.165, 1.54) is 0 Å². The van der Waals surface area contributed by atoms with Crippen LogP contribution in [0.15, 0.2) is 30.3 Å². The maximum Gasteiger partial charge on any atom is 0.409 e. The molecule has 1 amide bonds. The molecular weight excluding hydrogens is 246 g/mol. The first-order chi connectivity index (χ1) is 9.31. The third-order valence-electron chi connectivity index (χ3n) is 3.17. The van der Waals surface area contributed by atoms with Gasteiger partial charge in [-0.1, -0.05) is 30.3 Å². The van der Waals surface area contributed by atoms with Gasteiger partial charge in [0.2, 0.25) is 0 Å². The van der Waals surface area contributed by atoms with Gasteiger partial charge in [0.05, 0.1) is 19.8 Å². The summed E-state index contributed by atoms with van der Waals surface area (Å²) in [4.78, 5) is 13.4. The van der Waals surface area contributed by atoms with Crippen LogP contribution in [0, 0.1) is 0 Å². The lowest BCUT2D eigenvalue weighted by Gasteiger charge is -2.26. The van der Waals surface area contributed by atoms with Crippen molar-refractivity contribution >= 4 is 6.09 Å². The fourth-order valence-electron chi connectivity index (χ4n) is 1.99. The van der Waals surface area contributed by atoms with Crippen molar-refractivity contribution in [1.29, 1.82) is 0 Å². The number of nitrogens with zero attached hydrogens (tertiary/aromatic N) is 1. The Kier molecular flexibility index (Phi) is 5.18. The third-order valence-corrected chi connectivity index (χ3v) is 3.17. The van der Waals surface area contributed by atoms with Gasteiger partial charge in [-0.25, -0.2) is 4.79 Å². The fourth-order valence-corrected chi connectivity index (χ4v) is 1.99. The molecule has 1 fully saturated rings. The predicted molar refractivity (Wildman–Crippen MR) is 70.0 cm³/mol. The van der Waals surface area contributed by atoms with Gasteiger partial charge in [-0.15, -0.1) is 0 Å². The number of ether oxygens (including phenoxy) is 2. The van der Waals surface area contributed by atoms with Crippen molar-refractivity contribution in [3.05, 3.63) is 35.9 Å². The largest absolute Gasteiger partial charge is 0.449 e. The number of amides is 1. The number of hydrogen-bond acceptors (Lipinski definition) is 4. The van der Waals surface area contributed by atoms with E-state index in [2.05, 4.69) is 0 Å². The number of morpholine rings is 1. The Balaban J connectivity index is 1.84. The summed E-state index contributed by atoms with van der Waals surface area (Å²) in [6.45, 7) is 2.38. The zero-order valence-corrected chi connectivity index (χ0v) is 10.8. The lowest BCUT2D eigenvalue weighted by Crippen LogP contribution is -2.41. The molecule has 0 aliphatic carbocycles. The van der Waals surface area contributed by atoms with Gasteiger partial charge in [0.1, 0.15) is 6.61 Å². The van der Waals surface area contributed by atoms with Gasteiger partial charge in [0.15, 0.2) is 0 Å². The average molecular weight is 265 g/mol. The van der Waals surface area contributed by atoms with Gasteiger partial charge in [-0.3, -0.25) is 0 Å². The van der Waals surface area contributed by atoms with Crippen LogP contribution in [0.3, 0.4) is 0 Å². The van der Waals surface area contributed by atoms with Crippen molar-refractivity contribution in [3.63, 3.8) is 0 Å². The Labute approximate surface area is 112 Å². The monoisotopic (exact) mass is 265 g/mol. The summed E-state index contributed by atoms with van der Waals surface area (Å²) in [7, 11) is 0. The summed E-state index contributed by atoms with van der Waals surface area (Å²) in [6, 6.07) is 9.56. The molecule has 1 aromatic rings. The highest BCUT2D eigenvalue weighted by Crippen LogP contribution is 2.15. The van der Waals surface area contributed by atoms with E-state index in [0.717, 1.165) is 5.56 Å². The van der Waals surface area contributed by atoms with Gasteiger partial charge in [-0.2, -0.15) is 0 Å². The van der Waals surface area contributed by atoms with Gasteiger partial charge in [0.25, 0.3) is 0 Å². The molecule has 0 saturated carbocycles. The van der Waals surface area contributed by atoms with E-state index in [0.29, 0.717) is 26.3 Å². The maximum atomic E-state index is 11.8. The van der Waals surface area contributed by atoms with E-state index in [9.17, 15) is 9.90 Å². The average Bonchev–Trinajstić information content (AvgIpc) is 2.49. The standard InChI is InChI=1S/C14H19NO4/c16-10-13(12-4-2-1-3-5-12)11-19-14(17)15-6-8-18-9-7-15/h1-5,13,16H,6-11H2/t13-/m0/s1. The van der Waals surface area contributed by atoms with Gasteiger partial charge in [0, 0.05) is 19.0 Å². The van der Waals surface area contributed by atoms with E-state index >= 15 is 0 Å². The molecular formula is C14H19NO4. The van der Waals surface area contributed by atoms with Gasteiger partial charge in [-0.05, 0) is 5.56 Å². The van der Waals surface area contributed by atoms with Crippen LogP contribution >= 0.6 is 0 Å². The minimum atomic E-state index is -0.335. The second-order valence-electron chi connectivity index (χ2n) is 4.47. The molecule has 19 heavy (non-hydrogen) atoms. The highest BCUT2D eigenvalue weighted by molar-refractivity contribution is 5.67. The van der Waals surface area contributed by atoms with E-state index in [1.807, 2.05) is 30.3 Å². The van der Waals surface area contributed by atoms with Crippen LogP contribution in [-0.4, -0.2) is 55.6 Å². The second kappa shape index (κ2) is 7.11. The zero-order valence-electron chi connectivity index (χ0n) is 10.8. The molecule has 5 nitrogen and oxygen atoms in total. The van der Waals surface area contributed by atoms with Gasteiger partial charge >= 0.3 is 6.09 Å². The molecule has 1 aliphatic heterocycles. The molecule has 0 unspecified atom stereocenters.